The van der Waals surface area contributed by atoms with Crippen LogP contribution in [-0.2, 0) is 10.2 Å². The van der Waals surface area contributed by atoms with E-state index in [-0.39, 0.29) is 27.4 Å². The number of nitrogens with zero attached hydrogens (tertiary/aromatic N) is 2. The van der Waals surface area contributed by atoms with Gasteiger partial charge in [0.1, 0.15) is 11.2 Å². The molecule has 0 atom stereocenters. The number of carboxylic acids is 1. The number of aliphatic carboxylic acids is 1. The number of halogens is 2. The van der Waals surface area contributed by atoms with Crippen molar-refractivity contribution >= 4 is 29.2 Å². The van der Waals surface area contributed by atoms with E-state index in [2.05, 4.69) is 5.10 Å². The number of phenols is 1. The first-order valence-electron chi connectivity index (χ1n) is 5.67. The average Bonchev–Trinajstić information content (AvgIpc) is 2.76. The molecule has 0 unspecified atom stereocenters. The molecule has 1 heterocycles. The monoisotopic (exact) mass is 332 g/mol. The van der Waals surface area contributed by atoms with Gasteiger partial charge in [-0.1, -0.05) is 23.2 Å². The molecule has 0 saturated heterocycles. The molecule has 7 nitrogen and oxygen atoms in total. The van der Waals surface area contributed by atoms with Crippen molar-refractivity contribution in [2.24, 2.45) is 0 Å². The minimum atomic E-state index is -1.49. The van der Waals surface area contributed by atoms with Gasteiger partial charge < -0.3 is 14.6 Å². The van der Waals surface area contributed by atoms with Crippen LogP contribution in [-0.4, -0.2) is 26.0 Å². The number of carbonyl (C=O) groups is 1. The second-order valence-electron chi connectivity index (χ2n) is 4.77. The minimum Gasteiger partial charge on any atom is -0.506 e. The van der Waals surface area contributed by atoms with E-state index >= 15 is 0 Å². The molecule has 112 valence electrons. The van der Waals surface area contributed by atoms with Crippen LogP contribution >= 0.6 is 23.2 Å². The lowest BCUT2D eigenvalue weighted by Gasteiger charge is -2.12. The molecule has 0 amide bonds. The maximum absolute atomic E-state index is 11.8. The molecule has 0 aliphatic carbocycles. The van der Waals surface area contributed by atoms with Crippen molar-refractivity contribution in [1.29, 1.82) is 0 Å². The highest BCUT2D eigenvalue weighted by Crippen LogP contribution is 2.32. The van der Waals surface area contributed by atoms with Gasteiger partial charge in [-0.2, -0.15) is 4.68 Å². The fraction of sp³-hybridized carbons (Fsp3) is 0.250. The standard InChI is InChI=1S/C12H10Cl2N2O5/c1-12(2,10(18)19)9-15-16(11(20)21-9)7-4-8(17)6(14)3-5(7)13/h3-4,17H,1-2H3,(H,18,19). The zero-order valence-corrected chi connectivity index (χ0v) is 12.4. The van der Waals surface area contributed by atoms with Crippen LogP contribution in [0.2, 0.25) is 10.0 Å². The van der Waals surface area contributed by atoms with Gasteiger partial charge in [0.25, 0.3) is 0 Å². The number of aromatic nitrogens is 2. The molecule has 1 aromatic heterocycles. The summed E-state index contributed by atoms with van der Waals surface area (Å²) < 4.78 is 5.62. The van der Waals surface area contributed by atoms with Crippen LogP contribution in [0, 0.1) is 0 Å². The molecular weight excluding hydrogens is 323 g/mol. The Kier molecular flexibility index (Phi) is 3.73. The third-order valence-corrected chi connectivity index (χ3v) is 3.47. The van der Waals surface area contributed by atoms with E-state index in [1.807, 2.05) is 0 Å². The first-order chi connectivity index (χ1) is 9.64. The van der Waals surface area contributed by atoms with Crippen LogP contribution in [0.25, 0.3) is 5.69 Å². The van der Waals surface area contributed by atoms with Crippen LogP contribution in [0.1, 0.15) is 19.7 Å². The molecule has 2 aromatic rings. The summed E-state index contributed by atoms with van der Waals surface area (Å²) >= 11 is 11.6. The topological polar surface area (TPSA) is 106 Å². The van der Waals surface area contributed by atoms with E-state index in [1.54, 1.807) is 0 Å². The van der Waals surface area contributed by atoms with Crippen molar-refractivity contribution in [1.82, 2.24) is 9.78 Å². The Morgan fingerprint density at radius 2 is 1.95 bits per heavy atom. The molecule has 21 heavy (non-hydrogen) atoms. The molecule has 0 spiro atoms. The smallest absolute Gasteiger partial charge is 0.442 e. The van der Waals surface area contributed by atoms with Gasteiger partial charge in [-0.3, -0.25) is 4.79 Å². The van der Waals surface area contributed by atoms with Crippen molar-refractivity contribution in [3.63, 3.8) is 0 Å². The van der Waals surface area contributed by atoms with Crippen molar-refractivity contribution in [2.45, 2.75) is 19.3 Å². The lowest BCUT2D eigenvalue weighted by atomic mass is 9.94. The van der Waals surface area contributed by atoms with Crippen LogP contribution in [0.3, 0.4) is 0 Å². The maximum Gasteiger partial charge on any atom is 0.442 e. The normalized spacial score (nSPS) is 11.6. The van der Waals surface area contributed by atoms with Crippen LogP contribution in [0.5, 0.6) is 5.75 Å². The number of aromatic hydroxyl groups is 1. The number of benzene rings is 1. The quantitative estimate of drug-likeness (QED) is 0.892. The van der Waals surface area contributed by atoms with Gasteiger partial charge in [0.2, 0.25) is 5.89 Å². The third kappa shape index (κ3) is 2.62. The van der Waals surface area contributed by atoms with E-state index in [9.17, 15) is 14.7 Å². The fourth-order valence-corrected chi connectivity index (χ4v) is 1.93. The van der Waals surface area contributed by atoms with Crippen molar-refractivity contribution in [3.05, 3.63) is 38.6 Å². The molecule has 0 radical (unpaired) electrons. The Bertz CT molecular complexity index is 778. The number of phenolic OH excluding ortho intramolecular Hbond substituents is 1. The van der Waals surface area contributed by atoms with Gasteiger partial charge in [0.05, 0.1) is 15.7 Å². The summed E-state index contributed by atoms with van der Waals surface area (Å²) in [6, 6.07) is 2.36. The molecule has 0 aliphatic rings. The Morgan fingerprint density at radius 3 is 2.52 bits per heavy atom. The summed E-state index contributed by atoms with van der Waals surface area (Å²) in [6.45, 7) is 2.68. The molecule has 0 aliphatic heterocycles. The summed E-state index contributed by atoms with van der Waals surface area (Å²) in [6.07, 6.45) is 0. The highest BCUT2D eigenvalue weighted by Gasteiger charge is 2.36. The maximum atomic E-state index is 11.8. The van der Waals surface area contributed by atoms with E-state index in [0.29, 0.717) is 0 Å². The van der Waals surface area contributed by atoms with E-state index in [0.717, 1.165) is 10.7 Å². The van der Waals surface area contributed by atoms with Crippen LogP contribution in [0.4, 0.5) is 0 Å². The summed E-state index contributed by atoms with van der Waals surface area (Å²) in [7, 11) is 0. The molecule has 0 bridgehead atoms. The fourth-order valence-electron chi connectivity index (χ4n) is 1.46. The first-order valence-corrected chi connectivity index (χ1v) is 6.42. The van der Waals surface area contributed by atoms with Gasteiger partial charge in [-0.15, -0.1) is 5.10 Å². The van der Waals surface area contributed by atoms with E-state index in [4.69, 9.17) is 32.7 Å². The number of hydrogen-bond donors (Lipinski definition) is 2. The Labute approximate surface area is 128 Å². The zero-order chi connectivity index (χ0) is 15.9. The molecule has 1 aromatic carbocycles. The van der Waals surface area contributed by atoms with Crippen molar-refractivity contribution < 1.29 is 19.4 Å². The second-order valence-corrected chi connectivity index (χ2v) is 5.58. The minimum absolute atomic E-state index is 0.00591. The van der Waals surface area contributed by atoms with Gasteiger partial charge in [-0.05, 0) is 19.9 Å². The molecular formula is C12H10Cl2N2O5. The summed E-state index contributed by atoms with van der Waals surface area (Å²) in [5.74, 6) is -2.72. The van der Waals surface area contributed by atoms with Crippen molar-refractivity contribution in [3.8, 4) is 11.4 Å². The SMILES string of the molecule is CC(C)(C(=O)O)c1nn(-c2cc(O)c(Cl)cc2Cl)c(=O)o1. The van der Waals surface area contributed by atoms with Gasteiger partial charge in [-0.25, -0.2) is 4.79 Å². The molecule has 2 N–H and O–H groups in total. The number of hydrogen-bond acceptors (Lipinski definition) is 5. The lowest BCUT2D eigenvalue weighted by Crippen LogP contribution is -2.29. The number of carboxylic acid groups (broad SMARTS) is 1. The van der Waals surface area contributed by atoms with Crippen LogP contribution < -0.4 is 5.76 Å². The lowest BCUT2D eigenvalue weighted by molar-refractivity contribution is -0.143. The Morgan fingerprint density at radius 1 is 1.33 bits per heavy atom. The van der Waals surface area contributed by atoms with Gasteiger partial charge >= 0.3 is 11.7 Å². The second kappa shape index (κ2) is 5.09. The molecule has 0 saturated carbocycles. The van der Waals surface area contributed by atoms with Crippen molar-refractivity contribution in [2.75, 3.05) is 0 Å². The molecule has 9 heteroatoms. The van der Waals surface area contributed by atoms with E-state index in [1.165, 1.54) is 19.9 Å². The predicted molar refractivity (Wildman–Crippen MR) is 74.4 cm³/mol. The summed E-state index contributed by atoms with van der Waals surface area (Å²) in [5.41, 5.74) is -1.47. The van der Waals surface area contributed by atoms with E-state index < -0.39 is 17.1 Å². The zero-order valence-electron chi connectivity index (χ0n) is 10.9. The summed E-state index contributed by atoms with van der Waals surface area (Å²) in [5, 5.41) is 22.6. The van der Waals surface area contributed by atoms with Gasteiger partial charge in [0.15, 0.2) is 0 Å². The molecule has 0 fully saturated rings. The average molecular weight is 333 g/mol. The predicted octanol–water partition coefficient (Wildman–Crippen LogP) is 2.20. The summed E-state index contributed by atoms with van der Waals surface area (Å²) in [4.78, 5) is 23.0. The highest BCUT2D eigenvalue weighted by atomic mass is 35.5. The highest BCUT2D eigenvalue weighted by molar-refractivity contribution is 6.36. The Balaban J connectivity index is 2.63. The van der Waals surface area contributed by atoms with Gasteiger partial charge in [0, 0.05) is 6.07 Å². The first kappa shape index (κ1) is 15.4. The molecule has 2 rings (SSSR count). The number of rotatable bonds is 3. The van der Waals surface area contributed by atoms with Crippen LogP contribution in [0.15, 0.2) is 21.3 Å². The largest absolute Gasteiger partial charge is 0.506 e. The Hall–Kier alpha value is -1.99. The third-order valence-electron chi connectivity index (χ3n) is 2.86.